The average molecular weight is 270 g/mol. The Balaban J connectivity index is 1.65. The van der Waals surface area contributed by atoms with Gasteiger partial charge in [-0.3, -0.25) is 0 Å². The molecule has 0 bridgehead atoms. The fourth-order valence-electron chi connectivity index (χ4n) is 2.79. The molecular weight excluding hydrogens is 244 g/mol. The lowest BCUT2D eigenvalue weighted by atomic mass is 9.96. The highest BCUT2D eigenvalue weighted by Crippen LogP contribution is 2.18. The molecule has 2 fully saturated rings. The maximum atomic E-state index is 11.7. The molecule has 1 heterocycles. The zero-order chi connectivity index (χ0) is 13.7. The fraction of sp³-hybridized carbons (Fsp3) is 0.929. The third kappa shape index (κ3) is 4.99. The second-order valence-corrected chi connectivity index (χ2v) is 6.21. The standard InChI is InChI=1S/C14H26N2O3/c1-14(2)10-15-8-12(19-14)9-18-13(17)16-11-6-4-3-5-7-11/h11-12,15H,3-10H2,1-2H3,(H,16,17). The molecule has 2 N–H and O–H groups in total. The van der Waals surface area contributed by atoms with E-state index < -0.39 is 0 Å². The Hall–Kier alpha value is -0.810. The van der Waals surface area contributed by atoms with Crippen LogP contribution >= 0.6 is 0 Å². The maximum Gasteiger partial charge on any atom is 0.407 e. The van der Waals surface area contributed by atoms with Gasteiger partial charge in [-0.05, 0) is 26.7 Å². The normalized spacial score (nSPS) is 27.8. The van der Waals surface area contributed by atoms with Crippen LogP contribution in [-0.2, 0) is 9.47 Å². The molecule has 2 rings (SSSR count). The molecule has 19 heavy (non-hydrogen) atoms. The van der Waals surface area contributed by atoms with Gasteiger partial charge in [-0.15, -0.1) is 0 Å². The van der Waals surface area contributed by atoms with E-state index in [0.717, 1.165) is 25.9 Å². The minimum absolute atomic E-state index is 0.0548. The zero-order valence-corrected chi connectivity index (χ0v) is 12.0. The van der Waals surface area contributed by atoms with Crippen LogP contribution in [-0.4, -0.2) is 43.5 Å². The van der Waals surface area contributed by atoms with E-state index in [1.807, 2.05) is 13.8 Å². The van der Waals surface area contributed by atoms with Crippen LogP contribution in [0.25, 0.3) is 0 Å². The van der Waals surface area contributed by atoms with Crippen LogP contribution in [0.1, 0.15) is 46.0 Å². The summed E-state index contributed by atoms with van der Waals surface area (Å²) in [6.07, 6.45) is 5.47. The summed E-state index contributed by atoms with van der Waals surface area (Å²) in [4.78, 5) is 11.7. The molecule has 1 amide bonds. The number of alkyl carbamates (subject to hydrolysis) is 1. The average Bonchev–Trinajstić information content (AvgIpc) is 2.36. The molecule has 0 aromatic rings. The minimum Gasteiger partial charge on any atom is -0.447 e. The van der Waals surface area contributed by atoms with Crippen LogP contribution < -0.4 is 10.6 Å². The van der Waals surface area contributed by atoms with Crippen molar-refractivity contribution in [2.75, 3.05) is 19.7 Å². The summed E-state index contributed by atoms with van der Waals surface area (Å²) in [5, 5.41) is 6.24. The van der Waals surface area contributed by atoms with Gasteiger partial charge in [0.15, 0.2) is 0 Å². The number of rotatable bonds is 3. The molecule has 1 saturated heterocycles. The first-order valence-corrected chi connectivity index (χ1v) is 7.37. The maximum absolute atomic E-state index is 11.7. The van der Waals surface area contributed by atoms with Crippen molar-refractivity contribution in [1.82, 2.24) is 10.6 Å². The number of carbonyl (C=O) groups is 1. The highest BCUT2D eigenvalue weighted by Gasteiger charge is 2.29. The van der Waals surface area contributed by atoms with Gasteiger partial charge in [0, 0.05) is 19.1 Å². The van der Waals surface area contributed by atoms with Gasteiger partial charge in [0.2, 0.25) is 0 Å². The van der Waals surface area contributed by atoms with Crippen LogP contribution in [0.15, 0.2) is 0 Å². The molecule has 0 spiro atoms. The number of hydrogen-bond acceptors (Lipinski definition) is 4. The van der Waals surface area contributed by atoms with Gasteiger partial charge in [0.25, 0.3) is 0 Å². The quantitative estimate of drug-likeness (QED) is 0.821. The second kappa shape index (κ2) is 6.57. The van der Waals surface area contributed by atoms with Gasteiger partial charge in [-0.1, -0.05) is 19.3 Å². The van der Waals surface area contributed by atoms with Gasteiger partial charge in [0.1, 0.15) is 12.7 Å². The van der Waals surface area contributed by atoms with Crippen molar-refractivity contribution in [1.29, 1.82) is 0 Å². The number of ether oxygens (including phenoxy) is 2. The van der Waals surface area contributed by atoms with E-state index in [-0.39, 0.29) is 17.8 Å². The highest BCUT2D eigenvalue weighted by molar-refractivity contribution is 5.67. The van der Waals surface area contributed by atoms with Crippen molar-refractivity contribution in [3.05, 3.63) is 0 Å². The number of hydrogen-bond donors (Lipinski definition) is 2. The molecule has 5 heteroatoms. The first-order valence-electron chi connectivity index (χ1n) is 7.37. The molecule has 0 aromatic carbocycles. The summed E-state index contributed by atoms with van der Waals surface area (Å²) in [5.74, 6) is 0. The van der Waals surface area contributed by atoms with E-state index in [9.17, 15) is 4.79 Å². The zero-order valence-electron chi connectivity index (χ0n) is 12.0. The van der Waals surface area contributed by atoms with Crippen molar-refractivity contribution < 1.29 is 14.3 Å². The summed E-state index contributed by atoms with van der Waals surface area (Å²) in [6.45, 7) is 5.95. The van der Waals surface area contributed by atoms with Crippen LogP contribution in [0.5, 0.6) is 0 Å². The van der Waals surface area contributed by atoms with Crippen molar-refractivity contribution in [3.8, 4) is 0 Å². The molecule has 110 valence electrons. The minimum atomic E-state index is -0.307. The second-order valence-electron chi connectivity index (χ2n) is 6.21. The van der Waals surface area contributed by atoms with Gasteiger partial charge in [0.05, 0.1) is 5.60 Å². The summed E-state index contributed by atoms with van der Waals surface area (Å²) in [6, 6.07) is 0.295. The highest BCUT2D eigenvalue weighted by atomic mass is 16.6. The Bertz CT molecular complexity index is 301. The molecule has 1 aliphatic carbocycles. The first kappa shape index (κ1) is 14.6. The van der Waals surface area contributed by atoms with Crippen LogP contribution in [0.4, 0.5) is 4.79 Å². The molecule has 0 aromatic heterocycles. The van der Waals surface area contributed by atoms with E-state index in [1.165, 1.54) is 19.3 Å². The van der Waals surface area contributed by atoms with E-state index in [2.05, 4.69) is 10.6 Å². The van der Waals surface area contributed by atoms with Gasteiger partial charge in [-0.2, -0.15) is 0 Å². The molecule has 1 atom stereocenters. The molecule has 5 nitrogen and oxygen atoms in total. The number of morpholine rings is 1. The van der Waals surface area contributed by atoms with E-state index in [1.54, 1.807) is 0 Å². The van der Waals surface area contributed by atoms with Gasteiger partial charge >= 0.3 is 6.09 Å². The van der Waals surface area contributed by atoms with Crippen molar-refractivity contribution in [2.24, 2.45) is 0 Å². The third-order valence-corrected chi connectivity index (χ3v) is 3.74. The van der Waals surface area contributed by atoms with Crippen molar-refractivity contribution in [2.45, 2.75) is 63.7 Å². The van der Waals surface area contributed by atoms with Crippen molar-refractivity contribution in [3.63, 3.8) is 0 Å². The molecule has 1 aliphatic heterocycles. The molecule has 2 aliphatic rings. The summed E-state index contributed by atoms with van der Waals surface area (Å²) in [5.41, 5.74) is -0.188. The Labute approximate surface area is 115 Å². The summed E-state index contributed by atoms with van der Waals surface area (Å²) >= 11 is 0. The third-order valence-electron chi connectivity index (χ3n) is 3.74. The smallest absolute Gasteiger partial charge is 0.407 e. The largest absolute Gasteiger partial charge is 0.447 e. The van der Waals surface area contributed by atoms with Gasteiger partial charge < -0.3 is 20.1 Å². The molecule has 1 unspecified atom stereocenters. The number of carbonyl (C=O) groups excluding carboxylic acids is 1. The number of nitrogens with one attached hydrogen (secondary N) is 2. The van der Waals surface area contributed by atoms with E-state index in [0.29, 0.717) is 12.6 Å². The Morgan fingerprint density at radius 2 is 2.11 bits per heavy atom. The van der Waals surface area contributed by atoms with Crippen LogP contribution in [0, 0.1) is 0 Å². The first-order chi connectivity index (χ1) is 9.05. The molecule has 0 radical (unpaired) electrons. The SMILES string of the molecule is CC1(C)CNCC(COC(=O)NC2CCCCC2)O1. The molecule has 1 saturated carbocycles. The predicted octanol–water partition coefficient (Wildman–Crippen LogP) is 1.81. The lowest BCUT2D eigenvalue weighted by Gasteiger charge is -2.36. The summed E-state index contributed by atoms with van der Waals surface area (Å²) in [7, 11) is 0. The van der Waals surface area contributed by atoms with Crippen LogP contribution in [0.3, 0.4) is 0 Å². The Morgan fingerprint density at radius 3 is 2.79 bits per heavy atom. The van der Waals surface area contributed by atoms with E-state index in [4.69, 9.17) is 9.47 Å². The predicted molar refractivity (Wildman–Crippen MR) is 73.2 cm³/mol. The fourth-order valence-corrected chi connectivity index (χ4v) is 2.79. The Morgan fingerprint density at radius 1 is 1.37 bits per heavy atom. The molecular formula is C14H26N2O3. The number of amides is 1. The summed E-state index contributed by atoms with van der Waals surface area (Å²) < 4.78 is 11.1. The van der Waals surface area contributed by atoms with Gasteiger partial charge in [-0.25, -0.2) is 4.79 Å². The monoisotopic (exact) mass is 270 g/mol. The lowest BCUT2D eigenvalue weighted by molar-refractivity contribution is -0.111. The topological polar surface area (TPSA) is 59.6 Å². The van der Waals surface area contributed by atoms with Crippen molar-refractivity contribution >= 4 is 6.09 Å². The lowest BCUT2D eigenvalue weighted by Crippen LogP contribution is -2.52. The van der Waals surface area contributed by atoms with Crippen LogP contribution in [0.2, 0.25) is 0 Å². The van der Waals surface area contributed by atoms with E-state index >= 15 is 0 Å². The Kier molecular flexibility index (Phi) is 5.05.